The second kappa shape index (κ2) is 7.93. The molecule has 1 aromatic carbocycles. The smallest absolute Gasteiger partial charge is 0.325 e. The molecule has 8 nitrogen and oxygen atoms in total. The van der Waals surface area contributed by atoms with Gasteiger partial charge in [-0.1, -0.05) is 18.9 Å². The molecule has 1 aromatic rings. The van der Waals surface area contributed by atoms with E-state index in [9.17, 15) is 14.4 Å². The molecule has 1 spiro atoms. The van der Waals surface area contributed by atoms with Gasteiger partial charge in [-0.3, -0.25) is 14.5 Å². The van der Waals surface area contributed by atoms with Gasteiger partial charge in [0.1, 0.15) is 18.8 Å². The van der Waals surface area contributed by atoms with Crippen molar-refractivity contribution in [3.63, 3.8) is 0 Å². The maximum atomic E-state index is 12.6. The van der Waals surface area contributed by atoms with Crippen molar-refractivity contribution in [3.05, 3.63) is 23.8 Å². The molecule has 3 aliphatic rings. The van der Waals surface area contributed by atoms with Crippen molar-refractivity contribution in [1.29, 1.82) is 0 Å². The largest absolute Gasteiger partial charge is 0.486 e. The first-order chi connectivity index (χ1) is 14.0. The highest BCUT2D eigenvalue weighted by Crippen LogP contribution is 2.35. The molecule has 1 aliphatic carbocycles. The topological polar surface area (TPSA) is 97.0 Å². The fourth-order valence-corrected chi connectivity index (χ4v) is 4.32. The van der Waals surface area contributed by atoms with Crippen molar-refractivity contribution < 1.29 is 23.9 Å². The van der Waals surface area contributed by atoms with Gasteiger partial charge >= 0.3 is 6.03 Å². The SMILES string of the molecule is C[C@H](NC(=O)CCCN1C(=O)NC2(CCCC2)C1=O)c1ccc2c(c1)OCCO2. The first-order valence-electron chi connectivity index (χ1n) is 10.3. The molecule has 0 unspecified atom stereocenters. The minimum atomic E-state index is -0.688. The lowest BCUT2D eigenvalue weighted by molar-refractivity contribution is -0.131. The fraction of sp³-hybridized carbons (Fsp3) is 0.571. The van der Waals surface area contributed by atoms with Crippen LogP contribution in [0.5, 0.6) is 11.5 Å². The number of nitrogens with zero attached hydrogens (tertiary/aromatic N) is 1. The lowest BCUT2D eigenvalue weighted by Gasteiger charge is -2.21. The molecule has 0 aromatic heterocycles. The number of benzene rings is 1. The van der Waals surface area contributed by atoms with Gasteiger partial charge in [0.15, 0.2) is 11.5 Å². The Balaban J connectivity index is 1.26. The summed E-state index contributed by atoms with van der Waals surface area (Å²) in [7, 11) is 0. The van der Waals surface area contributed by atoms with Gasteiger partial charge in [0.25, 0.3) is 5.91 Å². The summed E-state index contributed by atoms with van der Waals surface area (Å²) >= 11 is 0. The number of hydrogen-bond donors (Lipinski definition) is 2. The van der Waals surface area contributed by atoms with Crippen LogP contribution in [0.4, 0.5) is 4.79 Å². The summed E-state index contributed by atoms with van der Waals surface area (Å²) in [6.07, 6.45) is 4.02. The van der Waals surface area contributed by atoms with E-state index in [2.05, 4.69) is 10.6 Å². The third-order valence-electron chi connectivity index (χ3n) is 5.93. The number of urea groups is 1. The number of nitrogens with one attached hydrogen (secondary N) is 2. The van der Waals surface area contributed by atoms with Gasteiger partial charge in [0.05, 0.1) is 6.04 Å². The predicted octanol–water partition coefficient (Wildman–Crippen LogP) is 2.28. The zero-order valence-electron chi connectivity index (χ0n) is 16.7. The van der Waals surface area contributed by atoms with Gasteiger partial charge in [0.2, 0.25) is 5.91 Å². The molecule has 0 bridgehead atoms. The van der Waals surface area contributed by atoms with Crippen LogP contribution in [-0.2, 0) is 9.59 Å². The summed E-state index contributed by atoms with van der Waals surface area (Å²) in [5, 5.41) is 5.82. The second-order valence-corrected chi connectivity index (χ2v) is 7.97. The van der Waals surface area contributed by atoms with Crippen LogP contribution in [0.3, 0.4) is 0 Å². The van der Waals surface area contributed by atoms with Crippen LogP contribution in [0, 0.1) is 0 Å². The maximum Gasteiger partial charge on any atom is 0.325 e. The third-order valence-corrected chi connectivity index (χ3v) is 5.93. The van der Waals surface area contributed by atoms with Gasteiger partial charge in [-0.25, -0.2) is 4.79 Å². The summed E-state index contributed by atoms with van der Waals surface area (Å²) in [6, 6.07) is 5.13. The summed E-state index contributed by atoms with van der Waals surface area (Å²) in [6.45, 7) is 3.22. The molecule has 1 saturated heterocycles. The summed E-state index contributed by atoms with van der Waals surface area (Å²) in [5.41, 5.74) is 0.242. The molecule has 2 aliphatic heterocycles. The molecule has 4 amide bonds. The van der Waals surface area contributed by atoms with E-state index in [1.54, 1.807) is 0 Å². The van der Waals surface area contributed by atoms with Gasteiger partial charge in [0, 0.05) is 13.0 Å². The van der Waals surface area contributed by atoms with Gasteiger partial charge in [-0.2, -0.15) is 0 Å². The van der Waals surface area contributed by atoms with Crippen molar-refractivity contribution >= 4 is 17.8 Å². The number of fused-ring (bicyclic) bond motifs is 1. The Morgan fingerprint density at radius 1 is 1.21 bits per heavy atom. The van der Waals surface area contributed by atoms with E-state index in [-0.39, 0.29) is 36.9 Å². The number of carbonyl (C=O) groups is 3. The van der Waals surface area contributed by atoms with Crippen LogP contribution >= 0.6 is 0 Å². The average molecular weight is 401 g/mol. The van der Waals surface area contributed by atoms with E-state index in [0.717, 1.165) is 18.4 Å². The highest BCUT2D eigenvalue weighted by Gasteiger charge is 2.52. The molecule has 8 heteroatoms. The predicted molar refractivity (Wildman–Crippen MR) is 105 cm³/mol. The molecule has 29 heavy (non-hydrogen) atoms. The van der Waals surface area contributed by atoms with E-state index >= 15 is 0 Å². The Morgan fingerprint density at radius 3 is 2.69 bits per heavy atom. The van der Waals surface area contributed by atoms with E-state index in [4.69, 9.17) is 9.47 Å². The Kier molecular flexibility index (Phi) is 5.34. The van der Waals surface area contributed by atoms with Crippen molar-refractivity contribution in [3.8, 4) is 11.5 Å². The molecule has 4 rings (SSSR count). The molecule has 156 valence electrons. The monoisotopic (exact) mass is 401 g/mol. The Bertz CT molecular complexity index is 819. The van der Waals surface area contributed by atoms with Crippen LogP contribution < -0.4 is 20.1 Å². The molecule has 2 fully saturated rings. The molecule has 1 atom stereocenters. The maximum absolute atomic E-state index is 12.6. The van der Waals surface area contributed by atoms with Gasteiger partial charge in [-0.05, 0) is 43.9 Å². The molecular formula is C21H27N3O5. The number of imide groups is 1. The zero-order valence-corrected chi connectivity index (χ0v) is 16.7. The number of amides is 4. The second-order valence-electron chi connectivity index (χ2n) is 7.97. The molecular weight excluding hydrogens is 374 g/mol. The summed E-state index contributed by atoms with van der Waals surface area (Å²) in [4.78, 5) is 38.4. The summed E-state index contributed by atoms with van der Waals surface area (Å²) in [5.74, 6) is 1.15. The van der Waals surface area contributed by atoms with Crippen LogP contribution in [0.15, 0.2) is 18.2 Å². The van der Waals surface area contributed by atoms with Gasteiger partial charge in [-0.15, -0.1) is 0 Å². The lowest BCUT2D eigenvalue weighted by Crippen LogP contribution is -2.44. The number of carbonyl (C=O) groups excluding carboxylic acids is 3. The first-order valence-corrected chi connectivity index (χ1v) is 10.3. The molecule has 0 radical (unpaired) electrons. The molecule has 1 saturated carbocycles. The van der Waals surface area contributed by atoms with E-state index in [1.165, 1.54) is 4.90 Å². The molecule has 2 N–H and O–H groups in total. The van der Waals surface area contributed by atoms with E-state index in [1.807, 2.05) is 25.1 Å². The minimum Gasteiger partial charge on any atom is -0.486 e. The number of hydrogen-bond acceptors (Lipinski definition) is 5. The first kappa shape index (κ1) is 19.5. The van der Waals surface area contributed by atoms with Crippen molar-refractivity contribution in [2.75, 3.05) is 19.8 Å². The van der Waals surface area contributed by atoms with E-state index < -0.39 is 5.54 Å². The lowest BCUT2D eigenvalue weighted by atomic mass is 9.98. The van der Waals surface area contributed by atoms with Crippen LogP contribution in [0.1, 0.15) is 57.1 Å². The fourth-order valence-electron chi connectivity index (χ4n) is 4.32. The van der Waals surface area contributed by atoms with Crippen molar-refractivity contribution in [1.82, 2.24) is 15.5 Å². The zero-order chi connectivity index (χ0) is 20.4. The standard InChI is InChI=1S/C21H27N3O5/c1-14(15-6-7-16-17(13-15)29-12-11-28-16)22-18(25)5-4-10-24-19(26)21(23-20(24)27)8-2-3-9-21/h6-7,13-14H,2-5,8-12H2,1H3,(H,22,25)(H,23,27)/t14-/m0/s1. The Hall–Kier alpha value is -2.77. The normalized spacial score (nSPS) is 20.7. The van der Waals surface area contributed by atoms with E-state index in [0.29, 0.717) is 44.0 Å². The van der Waals surface area contributed by atoms with Gasteiger partial charge < -0.3 is 20.1 Å². The highest BCUT2D eigenvalue weighted by atomic mass is 16.6. The van der Waals surface area contributed by atoms with Crippen LogP contribution in [0.2, 0.25) is 0 Å². The Labute approximate surface area is 169 Å². The summed E-state index contributed by atoms with van der Waals surface area (Å²) < 4.78 is 11.1. The third kappa shape index (κ3) is 3.88. The van der Waals surface area contributed by atoms with Crippen molar-refractivity contribution in [2.24, 2.45) is 0 Å². The quantitative estimate of drug-likeness (QED) is 0.713. The highest BCUT2D eigenvalue weighted by molar-refractivity contribution is 6.07. The van der Waals surface area contributed by atoms with Crippen LogP contribution in [-0.4, -0.2) is 48.0 Å². The average Bonchev–Trinajstić information content (AvgIpc) is 3.27. The van der Waals surface area contributed by atoms with Crippen molar-refractivity contribution in [2.45, 2.75) is 57.0 Å². The molecule has 2 heterocycles. The minimum absolute atomic E-state index is 0.116. The number of rotatable bonds is 6. The Morgan fingerprint density at radius 2 is 1.93 bits per heavy atom. The number of ether oxygens (including phenoxy) is 2. The van der Waals surface area contributed by atoms with Crippen LogP contribution in [0.25, 0.3) is 0 Å².